The van der Waals surface area contributed by atoms with Gasteiger partial charge < -0.3 is 9.64 Å². The first-order chi connectivity index (χ1) is 7.15. The number of rotatable bonds is 3. The Kier molecular flexibility index (Phi) is 3.85. The lowest BCUT2D eigenvalue weighted by molar-refractivity contribution is -0.133. The summed E-state index contributed by atoms with van der Waals surface area (Å²) in [5, 5.41) is 0. The Morgan fingerprint density at radius 2 is 2.00 bits per heavy atom. The number of esters is 1. The van der Waals surface area contributed by atoms with Gasteiger partial charge in [-0.15, -0.1) is 0 Å². The SMILES string of the molecule is COC(=O)/C(=C/N(C)C)c1ccncc1. The van der Waals surface area contributed by atoms with E-state index in [1.54, 1.807) is 35.6 Å². The van der Waals surface area contributed by atoms with Gasteiger partial charge in [-0.1, -0.05) is 0 Å². The molecule has 0 N–H and O–H groups in total. The summed E-state index contributed by atoms with van der Waals surface area (Å²) >= 11 is 0. The van der Waals surface area contributed by atoms with E-state index < -0.39 is 0 Å². The normalized spacial score (nSPS) is 11.0. The Morgan fingerprint density at radius 3 is 2.47 bits per heavy atom. The second-order valence-electron chi connectivity index (χ2n) is 3.23. The van der Waals surface area contributed by atoms with E-state index in [1.165, 1.54) is 7.11 Å². The standard InChI is InChI=1S/C11H14N2O2/c1-13(2)8-10(11(14)15-3)9-4-6-12-7-5-9/h4-8H,1-3H3/b10-8+. The zero-order chi connectivity index (χ0) is 11.3. The molecule has 0 fully saturated rings. The van der Waals surface area contributed by atoms with E-state index in [4.69, 9.17) is 4.74 Å². The van der Waals surface area contributed by atoms with E-state index in [2.05, 4.69) is 4.98 Å². The predicted octanol–water partition coefficient (Wildman–Crippen LogP) is 1.16. The first-order valence-corrected chi connectivity index (χ1v) is 4.52. The van der Waals surface area contributed by atoms with Gasteiger partial charge in [0, 0.05) is 32.7 Å². The van der Waals surface area contributed by atoms with Gasteiger partial charge in [0.25, 0.3) is 0 Å². The van der Waals surface area contributed by atoms with Gasteiger partial charge in [0.05, 0.1) is 12.7 Å². The Bertz CT molecular complexity index is 358. The van der Waals surface area contributed by atoms with Gasteiger partial charge in [-0.25, -0.2) is 4.79 Å². The number of carbonyl (C=O) groups excluding carboxylic acids is 1. The largest absolute Gasteiger partial charge is 0.465 e. The first-order valence-electron chi connectivity index (χ1n) is 4.52. The van der Waals surface area contributed by atoms with E-state index in [0.717, 1.165) is 5.56 Å². The number of ether oxygens (including phenoxy) is 1. The van der Waals surface area contributed by atoms with E-state index in [-0.39, 0.29) is 5.97 Å². The van der Waals surface area contributed by atoms with Crippen molar-refractivity contribution in [3.8, 4) is 0 Å². The van der Waals surface area contributed by atoms with Crippen LogP contribution in [0.1, 0.15) is 5.56 Å². The highest BCUT2D eigenvalue weighted by Gasteiger charge is 2.12. The third kappa shape index (κ3) is 3.09. The maximum absolute atomic E-state index is 11.5. The summed E-state index contributed by atoms with van der Waals surface area (Å²) in [6.45, 7) is 0. The average molecular weight is 206 g/mol. The van der Waals surface area contributed by atoms with Crippen molar-refractivity contribution in [1.82, 2.24) is 9.88 Å². The quantitative estimate of drug-likeness (QED) is 0.549. The molecule has 0 radical (unpaired) electrons. The lowest BCUT2D eigenvalue weighted by atomic mass is 10.1. The molecule has 0 bridgehead atoms. The molecule has 0 aliphatic carbocycles. The van der Waals surface area contributed by atoms with Crippen LogP contribution < -0.4 is 0 Å². The maximum atomic E-state index is 11.5. The van der Waals surface area contributed by atoms with Gasteiger partial charge in [-0.3, -0.25) is 4.98 Å². The van der Waals surface area contributed by atoms with Crippen LogP contribution in [-0.4, -0.2) is 37.1 Å². The van der Waals surface area contributed by atoms with Crippen molar-refractivity contribution < 1.29 is 9.53 Å². The number of hydrogen-bond donors (Lipinski definition) is 0. The molecule has 4 nitrogen and oxygen atoms in total. The summed E-state index contributed by atoms with van der Waals surface area (Å²) in [7, 11) is 5.07. The molecule has 0 aliphatic rings. The van der Waals surface area contributed by atoms with Crippen LogP contribution in [0.15, 0.2) is 30.7 Å². The third-order valence-electron chi connectivity index (χ3n) is 1.78. The van der Waals surface area contributed by atoms with Crippen molar-refractivity contribution in [2.24, 2.45) is 0 Å². The summed E-state index contributed by atoms with van der Waals surface area (Å²) in [6.07, 6.45) is 5.00. The van der Waals surface area contributed by atoms with E-state index >= 15 is 0 Å². The molecule has 1 rings (SSSR count). The molecule has 0 amide bonds. The van der Waals surface area contributed by atoms with Crippen molar-refractivity contribution >= 4 is 11.5 Å². The van der Waals surface area contributed by atoms with Crippen LogP contribution in [0, 0.1) is 0 Å². The predicted molar refractivity (Wildman–Crippen MR) is 57.9 cm³/mol. The first kappa shape index (κ1) is 11.2. The molecule has 80 valence electrons. The highest BCUT2D eigenvalue weighted by Crippen LogP contribution is 2.14. The molecular weight excluding hydrogens is 192 g/mol. The van der Waals surface area contributed by atoms with Gasteiger partial charge in [0.15, 0.2) is 0 Å². The van der Waals surface area contributed by atoms with Crippen LogP contribution >= 0.6 is 0 Å². The number of nitrogens with zero attached hydrogens (tertiary/aromatic N) is 2. The Hall–Kier alpha value is -1.84. The molecule has 0 atom stereocenters. The summed E-state index contributed by atoms with van der Waals surface area (Å²) in [5.41, 5.74) is 1.32. The highest BCUT2D eigenvalue weighted by molar-refractivity contribution is 6.16. The lowest BCUT2D eigenvalue weighted by Crippen LogP contribution is -2.10. The fourth-order valence-corrected chi connectivity index (χ4v) is 1.14. The number of hydrogen-bond acceptors (Lipinski definition) is 4. The summed E-state index contributed by atoms with van der Waals surface area (Å²) < 4.78 is 4.71. The molecule has 0 spiro atoms. The molecule has 0 aliphatic heterocycles. The minimum Gasteiger partial charge on any atom is -0.465 e. The Labute approximate surface area is 89.2 Å². The topological polar surface area (TPSA) is 42.4 Å². The number of aromatic nitrogens is 1. The molecule has 0 unspecified atom stereocenters. The minimum atomic E-state index is -0.352. The van der Waals surface area contributed by atoms with Crippen molar-refractivity contribution in [1.29, 1.82) is 0 Å². The smallest absolute Gasteiger partial charge is 0.339 e. The molecule has 1 aromatic heterocycles. The monoisotopic (exact) mass is 206 g/mol. The fraction of sp³-hybridized carbons (Fsp3) is 0.273. The molecule has 1 aromatic rings. The highest BCUT2D eigenvalue weighted by atomic mass is 16.5. The van der Waals surface area contributed by atoms with Crippen LogP contribution in [0.3, 0.4) is 0 Å². The molecule has 0 saturated heterocycles. The fourth-order valence-electron chi connectivity index (χ4n) is 1.14. The molecule has 4 heteroatoms. The van der Waals surface area contributed by atoms with Gasteiger partial charge in [-0.2, -0.15) is 0 Å². The second kappa shape index (κ2) is 5.14. The van der Waals surface area contributed by atoms with Crippen LogP contribution in [0.5, 0.6) is 0 Å². The zero-order valence-electron chi connectivity index (χ0n) is 9.10. The van der Waals surface area contributed by atoms with Crippen molar-refractivity contribution in [3.63, 3.8) is 0 Å². The Morgan fingerprint density at radius 1 is 1.40 bits per heavy atom. The second-order valence-corrected chi connectivity index (χ2v) is 3.23. The molecule has 15 heavy (non-hydrogen) atoms. The van der Waals surface area contributed by atoms with Gasteiger partial charge in [0.1, 0.15) is 0 Å². The number of carbonyl (C=O) groups is 1. The van der Waals surface area contributed by atoms with Crippen molar-refractivity contribution in [3.05, 3.63) is 36.3 Å². The minimum absolute atomic E-state index is 0.352. The summed E-state index contributed by atoms with van der Waals surface area (Å²) in [6, 6.07) is 3.54. The van der Waals surface area contributed by atoms with Crippen molar-refractivity contribution in [2.45, 2.75) is 0 Å². The van der Waals surface area contributed by atoms with E-state index in [9.17, 15) is 4.79 Å². The summed E-state index contributed by atoms with van der Waals surface area (Å²) in [4.78, 5) is 17.2. The number of methoxy groups -OCH3 is 1. The van der Waals surface area contributed by atoms with Gasteiger partial charge in [-0.05, 0) is 17.7 Å². The molecule has 0 aromatic carbocycles. The Balaban J connectivity index is 3.08. The van der Waals surface area contributed by atoms with E-state index in [1.807, 2.05) is 14.1 Å². The van der Waals surface area contributed by atoms with Crippen LogP contribution in [-0.2, 0) is 9.53 Å². The molecule has 0 saturated carbocycles. The maximum Gasteiger partial charge on any atom is 0.339 e. The van der Waals surface area contributed by atoms with Crippen LogP contribution in [0.25, 0.3) is 5.57 Å². The third-order valence-corrected chi connectivity index (χ3v) is 1.78. The van der Waals surface area contributed by atoms with Crippen LogP contribution in [0.4, 0.5) is 0 Å². The van der Waals surface area contributed by atoms with Crippen LogP contribution in [0.2, 0.25) is 0 Å². The summed E-state index contributed by atoms with van der Waals surface area (Å²) in [5.74, 6) is -0.352. The lowest BCUT2D eigenvalue weighted by Gasteiger charge is -2.10. The van der Waals surface area contributed by atoms with Gasteiger partial charge in [0.2, 0.25) is 0 Å². The molecule has 1 heterocycles. The van der Waals surface area contributed by atoms with Gasteiger partial charge >= 0.3 is 5.97 Å². The zero-order valence-corrected chi connectivity index (χ0v) is 9.10. The average Bonchev–Trinajstić information content (AvgIpc) is 2.26. The molecular formula is C11H14N2O2. The van der Waals surface area contributed by atoms with Crippen molar-refractivity contribution in [2.75, 3.05) is 21.2 Å². The van der Waals surface area contributed by atoms with E-state index in [0.29, 0.717) is 5.57 Å². The number of pyridine rings is 1.